The van der Waals surface area contributed by atoms with Crippen LogP contribution in [0.2, 0.25) is 0 Å². The van der Waals surface area contributed by atoms with E-state index < -0.39 is 9.84 Å². The van der Waals surface area contributed by atoms with Crippen LogP contribution in [0.4, 0.5) is 0 Å². The number of sulfone groups is 1. The second-order valence-corrected chi connectivity index (χ2v) is 8.15. The van der Waals surface area contributed by atoms with Crippen LogP contribution in [0.5, 0.6) is 0 Å². The molecule has 1 fully saturated rings. The van der Waals surface area contributed by atoms with Gasteiger partial charge < -0.3 is 9.88 Å². The minimum absolute atomic E-state index is 0. The molecule has 25 heavy (non-hydrogen) atoms. The fourth-order valence-electron chi connectivity index (χ4n) is 3.49. The van der Waals surface area contributed by atoms with Gasteiger partial charge in [0.1, 0.15) is 0 Å². The van der Waals surface area contributed by atoms with Crippen molar-refractivity contribution in [1.82, 2.24) is 9.88 Å². The smallest absolute Gasteiger partial charge is 0.208 e. The molecule has 132 valence electrons. The van der Waals surface area contributed by atoms with Crippen LogP contribution in [0.1, 0.15) is 18.9 Å². The maximum absolute atomic E-state index is 13.1. The van der Waals surface area contributed by atoms with Crippen molar-refractivity contribution in [3.63, 3.8) is 0 Å². The Labute approximate surface area is 154 Å². The third kappa shape index (κ3) is 3.19. The van der Waals surface area contributed by atoms with E-state index in [-0.39, 0.29) is 12.4 Å². The molecule has 1 aliphatic heterocycles. The van der Waals surface area contributed by atoms with Gasteiger partial charge in [-0.05, 0) is 37.6 Å². The number of para-hydroxylation sites is 1. The Morgan fingerprint density at radius 2 is 1.72 bits per heavy atom. The molecule has 0 saturated carbocycles. The first-order chi connectivity index (χ1) is 11.7. The van der Waals surface area contributed by atoms with Gasteiger partial charge in [0, 0.05) is 29.7 Å². The van der Waals surface area contributed by atoms with E-state index in [2.05, 4.69) is 9.88 Å². The monoisotopic (exact) mass is 376 g/mol. The number of rotatable bonds is 3. The summed E-state index contributed by atoms with van der Waals surface area (Å²) in [4.78, 5) is 0.740. The first-order valence-corrected chi connectivity index (χ1v) is 9.77. The fourth-order valence-corrected chi connectivity index (χ4v) is 4.97. The van der Waals surface area contributed by atoms with Gasteiger partial charge in [0.2, 0.25) is 9.84 Å². The maximum Gasteiger partial charge on any atom is 0.208 e. The molecule has 0 aliphatic carbocycles. The summed E-state index contributed by atoms with van der Waals surface area (Å²) in [5, 5.41) is 4.21. The molecule has 1 unspecified atom stereocenters. The van der Waals surface area contributed by atoms with Gasteiger partial charge in [-0.2, -0.15) is 0 Å². The number of benzene rings is 2. The lowest BCUT2D eigenvalue weighted by Crippen LogP contribution is -2.31. The van der Waals surface area contributed by atoms with Crippen LogP contribution in [-0.4, -0.2) is 26.1 Å². The van der Waals surface area contributed by atoms with E-state index in [1.807, 2.05) is 36.5 Å². The van der Waals surface area contributed by atoms with Crippen LogP contribution >= 0.6 is 12.4 Å². The highest BCUT2D eigenvalue weighted by atomic mass is 35.5. The van der Waals surface area contributed by atoms with Gasteiger partial charge in [-0.15, -0.1) is 12.4 Å². The Morgan fingerprint density at radius 3 is 2.44 bits per heavy atom. The van der Waals surface area contributed by atoms with Crippen molar-refractivity contribution in [2.24, 2.45) is 0 Å². The van der Waals surface area contributed by atoms with Gasteiger partial charge >= 0.3 is 0 Å². The van der Waals surface area contributed by atoms with E-state index in [0.717, 1.165) is 36.8 Å². The molecule has 2 heterocycles. The highest BCUT2D eigenvalue weighted by Gasteiger charge is 2.25. The van der Waals surface area contributed by atoms with E-state index in [1.54, 1.807) is 24.3 Å². The van der Waals surface area contributed by atoms with E-state index in [4.69, 9.17) is 0 Å². The zero-order chi connectivity index (χ0) is 16.6. The van der Waals surface area contributed by atoms with Crippen LogP contribution in [0, 0.1) is 0 Å². The van der Waals surface area contributed by atoms with Gasteiger partial charge in [0.25, 0.3) is 0 Å². The van der Waals surface area contributed by atoms with Gasteiger partial charge in [-0.1, -0.05) is 36.4 Å². The highest BCUT2D eigenvalue weighted by molar-refractivity contribution is 7.91. The molecule has 0 amide bonds. The lowest BCUT2D eigenvalue weighted by molar-refractivity contribution is 0.378. The molecule has 0 radical (unpaired) electrons. The van der Waals surface area contributed by atoms with Crippen LogP contribution in [0.25, 0.3) is 10.9 Å². The van der Waals surface area contributed by atoms with E-state index in [1.165, 1.54) is 0 Å². The average molecular weight is 377 g/mol. The number of nitrogens with one attached hydrogen (secondary N) is 1. The minimum atomic E-state index is -3.52. The molecule has 3 aromatic rings. The SMILES string of the molecule is Cl.O=S(=O)(c1ccccc1)c1cn(C2CCCNC2)c2ccccc12. The Hall–Kier alpha value is -1.82. The molecule has 1 saturated heterocycles. The summed E-state index contributed by atoms with van der Waals surface area (Å²) < 4.78 is 28.4. The molecule has 4 rings (SSSR count). The predicted octanol–water partition coefficient (Wildman–Crippen LogP) is 3.82. The first kappa shape index (κ1) is 18.0. The van der Waals surface area contributed by atoms with Gasteiger partial charge in [-0.3, -0.25) is 0 Å². The average Bonchev–Trinajstić information content (AvgIpc) is 3.04. The van der Waals surface area contributed by atoms with E-state index in [9.17, 15) is 8.42 Å². The van der Waals surface area contributed by atoms with Crippen LogP contribution < -0.4 is 5.32 Å². The van der Waals surface area contributed by atoms with Crippen molar-refractivity contribution in [3.8, 4) is 0 Å². The minimum Gasteiger partial charge on any atom is -0.342 e. The lowest BCUT2D eigenvalue weighted by Gasteiger charge is -2.25. The highest BCUT2D eigenvalue weighted by Crippen LogP contribution is 2.33. The Balaban J connectivity index is 0.00000182. The number of hydrogen-bond donors (Lipinski definition) is 1. The van der Waals surface area contributed by atoms with Gasteiger partial charge in [0.05, 0.1) is 9.79 Å². The van der Waals surface area contributed by atoms with E-state index >= 15 is 0 Å². The number of piperidine rings is 1. The summed E-state index contributed by atoms with van der Waals surface area (Å²) >= 11 is 0. The number of halogens is 1. The molecule has 1 N–H and O–H groups in total. The standard InChI is InChI=1S/C19H20N2O2S.ClH/c22-24(23,16-8-2-1-3-9-16)19-14-21(15-7-6-12-20-13-15)18-11-5-4-10-17(18)19;/h1-5,8-11,14-15,20H,6-7,12-13H2;1H. The van der Waals surface area contributed by atoms with Crippen molar-refractivity contribution < 1.29 is 8.42 Å². The molecule has 4 nitrogen and oxygen atoms in total. The van der Waals surface area contributed by atoms with Gasteiger partial charge in [0.15, 0.2) is 0 Å². The van der Waals surface area contributed by atoms with Crippen LogP contribution in [0.3, 0.4) is 0 Å². The molecule has 1 aliphatic rings. The predicted molar refractivity (Wildman–Crippen MR) is 102 cm³/mol. The molecule has 6 heteroatoms. The summed E-state index contributed by atoms with van der Waals surface area (Å²) in [5.74, 6) is 0. The normalized spacial score (nSPS) is 18.0. The second kappa shape index (κ2) is 7.20. The Bertz CT molecular complexity index is 962. The fraction of sp³-hybridized carbons (Fsp3) is 0.263. The zero-order valence-electron chi connectivity index (χ0n) is 13.8. The molecule has 1 aromatic heterocycles. The van der Waals surface area contributed by atoms with Crippen molar-refractivity contribution >= 4 is 33.1 Å². The van der Waals surface area contributed by atoms with Crippen molar-refractivity contribution in [2.75, 3.05) is 13.1 Å². The molecule has 2 aromatic carbocycles. The van der Waals surface area contributed by atoms with Crippen molar-refractivity contribution in [3.05, 3.63) is 60.8 Å². The lowest BCUT2D eigenvalue weighted by atomic mass is 10.1. The summed E-state index contributed by atoms with van der Waals surface area (Å²) in [5.41, 5.74) is 0.987. The quantitative estimate of drug-likeness (QED) is 0.756. The Kier molecular flexibility index (Phi) is 5.18. The summed E-state index contributed by atoms with van der Waals surface area (Å²) in [6.07, 6.45) is 4.00. The zero-order valence-corrected chi connectivity index (χ0v) is 15.4. The molecular formula is C19H21ClN2O2S. The number of hydrogen-bond acceptors (Lipinski definition) is 3. The summed E-state index contributed by atoms with van der Waals surface area (Å²) in [7, 11) is -3.52. The van der Waals surface area contributed by atoms with Crippen LogP contribution in [-0.2, 0) is 9.84 Å². The number of nitrogens with zero attached hydrogens (tertiary/aromatic N) is 1. The second-order valence-electron chi connectivity index (χ2n) is 6.23. The molecule has 0 bridgehead atoms. The Morgan fingerprint density at radius 1 is 1.00 bits per heavy atom. The third-order valence-electron chi connectivity index (χ3n) is 4.71. The third-order valence-corrected chi connectivity index (χ3v) is 6.51. The molecule has 1 atom stereocenters. The largest absolute Gasteiger partial charge is 0.342 e. The van der Waals surface area contributed by atoms with Crippen LogP contribution in [0.15, 0.2) is 70.6 Å². The van der Waals surface area contributed by atoms with Gasteiger partial charge in [-0.25, -0.2) is 8.42 Å². The van der Waals surface area contributed by atoms with Crippen molar-refractivity contribution in [1.29, 1.82) is 0 Å². The summed E-state index contributed by atoms with van der Waals surface area (Å²) in [6.45, 7) is 1.91. The number of fused-ring (bicyclic) bond motifs is 1. The topological polar surface area (TPSA) is 51.1 Å². The molecular weight excluding hydrogens is 356 g/mol. The van der Waals surface area contributed by atoms with Crippen molar-refractivity contribution in [2.45, 2.75) is 28.7 Å². The maximum atomic E-state index is 13.1. The molecule has 0 spiro atoms. The summed E-state index contributed by atoms with van der Waals surface area (Å²) in [6, 6.07) is 16.7. The van der Waals surface area contributed by atoms with E-state index in [0.29, 0.717) is 15.8 Å². The number of aromatic nitrogens is 1. The first-order valence-electron chi connectivity index (χ1n) is 8.28.